The summed E-state index contributed by atoms with van der Waals surface area (Å²) in [6.07, 6.45) is -0.0697. The van der Waals surface area contributed by atoms with Gasteiger partial charge in [-0.2, -0.15) is 15.6 Å². The summed E-state index contributed by atoms with van der Waals surface area (Å²) in [5.41, 5.74) is -0.150. The number of anilines is 2. The Kier molecular flexibility index (Phi) is 5.44. The van der Waals surface area contributed by atoms with E-state index in [1.54, 1.807) is 32.0 Å². The van der Waals surface area contributed by atoms with E-state index in [-0.39, 0.29) is 36.7 Å². The molecule has 9 nitrogen and oxygen atoms in total. The summed E-state index contributed by atoms with van der Waals surface area (Å²) in [5, 5.41) is 27.4. The van der Waals surface area contributed by atoms with E-state index in [1.165, 1.54) is 4.90 Å². The Hall–Kier alpha value is -3.56. The molecule has 0 unspecified atom stereocenters. The van der Waals surface area contributed by atoms with Crippen molar-refractivity contribution < 1.29 is 14.3 Å². The Morgan fingerprint density at radius 3 is 2.86 bits per heavy atom. The molecular weight excluding hydrogens is 396 g/mol. The Labute approximate surface area is 171 Å². The van der Waals surface area contributed by atoms with Gasteiger partial charge in [0.25, 0.3) is 5.91 Å². The Bertz CT molecular complexity index is 1060. The van der Waals surface area contributed by atoms with Gasteiger partial charge in [0, 0.05) is 18.0 Å². The van der Waals surface area contributed by atoms with E-state index in [0.717, 1.165) is 0 Å². The number of fused-ring (bicyclic) bond motifs is 1. The number of nitrogens with one attached hydrogen (secondary N) is 2. The fraction of sp³-hybridized carbons (Fsp3) is 0.316. The minimum Gasteiger partial charge on any atom is -0.476 e. The minimum absolute atomic E-state index is 0.0271. The van der Waals surface area contributed by atoms with Gasteiger partial charge in [-0.1, -0.05) is 11.6 Å². The first-order valence-corrected chi connectivity index (χ1v) is 9.09. The number of nitriles is 2. The zero-order chi connectivity index (χ0) is 21.2. The Morgan fingerprint density at radius 2 is 2.17 bits per heavy atom. The molecule has 1 aromatic heterocycles. The van der Waals surface area contributed by atoms with Crippen molar-refractivity contribution in [2.75, 3.05) is 16.8 Å². The third-order valence-corrected chi connectivity index (χ3v) is 4.60. The summed E-state index contributed by atoms with van der Waals surface area (Å²) < 4.78 is 5.75. The van der Waals surface area contributed by atoms with E-state index in [4.69, 9.17) is 21.6 Å². The molecule has 0 atom stereocenters. The van der Waals surface area contributed by atoms with Gasteiger partial charge in [0.15, 0.2) is 11.4 Å². The van der Waals surface area contributed by atoms with Gasteiger partial charge in [0.2, 0.25) is 5.91 Å². The molecule has 0 saturated carbocycles. The van der Waals surface area contributed by atoms with Crippen LogP contribution in [0.5, 0.6) is 5.75 Å². The molecule has 148 valence electrons. The maximum Gasteiger partial charge on any atom is 0.270 e. The van der Waals surface area contributed by atoms with Crippen LogP contribution < -0.4 is 15.0 Å². The number of halogens is 1. The molecule has 29 heavy (non-hydrogen) atoms. The van der Waals surface area contributed by atoms with Crippen LogP contribution in [0, 0.1) is 22.7 Å². The zero-order valence-corrected chi connectivity index (χ0v) is 16.5. The number of benzene rings is 1. The molecule has 0 spiro atoms. The second-order valence-electron chi connectivity index (χ2n) is 6.85. The highest BCUT2D eigenvalue weighted by Gasteiger charge is 2.41. The fourth-order valence-electron chi connectivity index (χ4n) is 2.97. The van der Waals surface area contributed by atoms with Crippen molar-refractivity contribution in [3.63, 3.8) is 0 Å². The molecule has 0 fully saturated rings. The van der Waals surface area contributed by atoms with E-state index >= 15 is 0 Å². The predicted molar refractivity (Wildman–Crippen MR) is 104 cm³/mol. The monoisotopic (exact) mass is 412 g/mol. The number of aromatic amines is 1. The largest absolute Gasteiger partial charge is 0.476 e. The van der Waals surface area contributed by atoms with Crippen molar-refractivity contribution in [1.29, 1.82) is 10.5 Å². The van der Waals surface area contributed by atoms with Crippen LogP contribution in [0.1, 0.15) is 31.5 Å². The minimum atomic E-state index is -1.08. The van der Waals surface area contributed by atoms with Crippen LogP contribution in [-0.2, 0) is 16.0 Å². The number of hydrogen-bond donors (Lipinski definition) is 2. The van der Waals surface area contributed by atoms with Gasteiger partial charge >= 0.3 is 0 Å². The number of ether oxygens (including phenoxy) is 1. The standard InChI is InChI=1S/C19H17ClN6O3/c1-19(2)18(28)26(14-9-11(20)3-4-15(14)29-19)8-6-16(27)23-17-12(10-22)13(5-7-21)24-25-17/h3-4,9H,5-6,8H2,1-2H3,(H2,23,24,25,27). The number of rotatable bonds is 5. The summed E-state index contributed by atoms with van der Waals surface area (Å²) in [5.74, 6) is -0.175. The van der Waals surface area contributed by atoms with Crippen molar-refractivity contribution >= 4 is 34.9 Å². The normalized spacial score (nSPS) is 14.4. The number of hydrogen-bond acceptors (Lipinski definition) is 6. The predicted octanol–water partition coefficient (Wildman–Crippen LogP) is 2.53. The number of aromatic nitrogens is 2. The van der Waals surface area contributed by atoms with Crippen LogP contribution in [0.25, 0.3) is 0 Å². The van der Waals surface area contributed by atoms with Crippen LogP contribution >= 0.6 is 11.6 Å². The van der Waals surface area contributed by atoms with Gasteiger partial charge in [-0.25, -0.2) is 0 Å². The van der Waals surface area contributed by atoms with E-state index in [1.807, 2.05) is 12.1 Å². The van der Waals surface area contributed by atoms with Crippen LogP contribution in [0.15, 0.2) is 18.2 Å². The maximum absolute atomic E-state index is 12.8. The second kappa shape index (κ2) is 7.82. The smallest absolute Gasteiger partial charge is 0.270 e. The average Bonchev–Trinajstić information content (AvgIpc) is 3.04. The highest BCUT2D eigenvalue weighted by atomic mass is 35.5. The lowest BCUT2D eigenvalue weighted by Crippen LogP contribution is -2.53. The highest BCUT2D eigenvalue weighted by Crippen LogP contribution is 2.39. The van der Waals surface area contributed by atoms with Gasteiger partial charge < -0.3 is 15.0 Å². The molecular formula is C19H17ClN6O3. The topological polar surface area (TPSA) is 135 Å². The number of amides is 2. The number of carbonyl (C=O) groups is 2. The second-order valence-corrected chi connectivity index (χ2v) is 7.29. The van der Waals surface area contributed by atoms with Crippen molar-refractivity contribution in [1.82, 2.24) is 10.2 Å². The molecule has 2 aromatic rings. The van der Waals surface area contributed by atoms with Crippen LogP contribution in [-0.4, -0.2) is 34.2 Å². The van der Waals surface area contributed by atoms with Crippen LogP contribution in [0.2, 0.25) is 5.02 Å². The van der Waals surface area contributed by atoms with Crippen molar-refractivity contribution in [2.24, 2.45) is 0 Å². The lowest BCUT2D eigenvalue weighted by atomic mass is 10.0. The first kappa shape index (κ1) is 20.2. The number of carbonyl (C=O) groups excluding carboxylic acids is 2. The number of H-pyrrole nitrogens is 1. The first-order chi connectivity index (χ1) is 13.8. The molecule has 2 amide bonds. The molecule has 0 radical (unpaired) electrons. The summed E-state index contributed by atoms with van der Waals surface area (Å²) in [4.78, 5) is 26.7. The van der Waals surface area contributed by atoms with Gasteiger partial charge in [0.05, 0.1) is 23.9 Å². The summed E-state index contributed by atoms with van der Waals surface area (Å²) in [6.45, 7) is 3.39. The summed E-state index contributed by atoms with van der Waals surface area (Å²) in [6, 6.07) is 8.79. The fourth-order valence-corrected chi connectivity index (χ4v) is 3.13. The van der Waals surface area contributed by atoms with Crippen molar-refractivity contribution in [2.45, 2.75) is 32.3 Å². The number of nitrogens with zero attached hydrogens (tertiary/aromatic N) is 4. The summed E-state index contributed by atoms with van der Waals surface area (Å²) >= 11 is 6.05. The molecule has 10 heteroatoms. The van der Waals surface area contributed by atoms with Gasteiger partial charge in [0.1, 0.15) is 17.4 Å². The quantitative estimate of drug-likeness (QED) is 0.774. The van der Waals surface area contributed by atoms with Gasteiger partial charge in [-0.05, 0) is 32.0 Å². The van der Waals surface area contributed by atoms with E-state index in [0.29, 0.717) is 22.2 Å². The summed E-state index contributed by atoms with van der Waals surface area (Å²) in [7, 11) is 0. The zero-order valence-electron chi connectivity index (χ0n) is 15.7. The van der Waals surface area contributed by atoms with Crippen molar-refractivity contribution in [3.8, 4) is 17.9 Å². The molecule has 1 aromatic carbocycles. The van der Waals surface area contributed by atoms with E-state index in [2.05, 4.69) is 15.5 Å². The Morgan fingerprint density at radius 1 is 1.41 bits per heavy atom. The molecule has 2 N–H and O–H groups in total. The molecule has 0 saturated heterocycles. The molecule has 0 bridgehead atoms. The van der Waals surface area contributed by atoms with Gasteiger partial charge in [-0.15, -0.1) is 0 Å². The molecule has 1 aliphatic heterocycles. The molecule has 3 rings (SSSR count). The molecule has 0 aliphatic carbocycles. The lowest BCUT2D eigenvalue weighted by molar-refractivity contribution is -0.132. The lowest BCUT2D eigenvalue weighted by Gasteiger charge is -2.38. The van der Waals surface area contributed by atoms with Gasteiger partial charge in [-0.3, -0.25) is 14.7 Å². The Balaban J connectivity index is 1.75. The maximum atomic E-state index is 12.8. The third-order valence-electron chi connectivity index (χ3n) is 4.37. The van der Waals surface area contributed by atoms with Crippen LogP contribution in [0.3, 0.4) is 0 Å². The average molecular weight is 413 g/mol. The molecule has 1 aliphatic rings. The third kappa shape index (κ3) is 4.00. The van der Waals surface area contributed by atoms with E-state index in [9.17, 15) is 14.9 Å². The first-order valence-electron chi connectivity index (χ1n) is 8.71. The molecule has 2 heterocycles. The van der Waals surface area contributed by atoms with E-state index < -0.39 is 11.5 Å². The highest BCUT2D eigenvalue weighted by molar-refractivity contribution is 6.31. The van der Waals surface area contributed by atoms with Crippen LogP contribution in [0.4, 0.5) is 11.5 Å². The SMILES string of the molecule is CC1(C)Oc2ccc(Cl)cc2N(CCC(=O)Nc2n[nH]c(CC#N)c2C#N)C1=O. The van der Waals surface area contributed by atoms with Crippen molar-refractivity contribution in [3.05, 3.63) is 34.5 Å².